The van der Waals surface area contributed by atoms with E-state index in [2.05, 4.69) is 20.6 Å². The van der Waals surface area contributed by atoms with E-state index in [1.165, 1.54) is 19.2 Å². The molecule has 0 aliphatic carbocycles. The zero-order chi connectivity index (χ0) is 22.0. The van der Waals surface area contributed by atoms with Gasteiger partial charge in [-0.05, 0) is 29.8 Å². The first kappa shape index (κ1) is 19.9. The molecule has 0 fully saturated rings. The van der Waals surface area contributed by atoms with Gasteiger partial charge in [0.1, 0.15) is 5.82 Å². The van der Waals surface area contributed by atoms with E-state index in [1.54, 1.807) is 0 Å². The van der Waals surface area contributed by atoms with Gasteiger partial charge in [0.05, 0.1) is 5.69 Å². The highest BCUT2D eigenvalue weighted by Gasteiger charge is 2.21. The van der Waals surface area contributed by atoms with E-state index in [4.69, 9.17) is 4.52 Å². The molecular weight excluding hydrogens is 407 g/mol. The first-order chi connectivity index (χ1) is 14.9. The monoisotopic (exact) mass is 422 g/mol. The molecule has 0 saturated carbocycles. The third-order valence-electron chi connectivity index (χ3n) is 4.37. The summed E-state index contributed by atoms with van der Waals surface area (Å²) in [7, 11) is 1.25. The standard InChI is InChI=1S/C20H15FN6O4/c1-26-19(29)15(24-27(20(26)30)14-9-7-13(21)8-10-14)16-23-18(31-25-16)17(28)22-11-12-5-3-2-4-6-12/h2-10H,11H2,1H3,(H,22,28). The Bertz CT molecular complexity index is 1360. The number of nitrogens with zero attached hydrogens (tertiary/aromatic N) is 5. The molecule has 1 amide bonds. The van der Waals surface area contributed by atoms with Gasteiger partial charge in [-0.3, -0.25) is 14.2 Å². The Hall–Kier alpha value is -4.41. The lowest BCUT2D eigenvalue weighted by atomic mass is 10.2. The lowest BCUT2D eigenvalue weighted by Gasteiger charge is -2.07. The Morgan fingerprint density at radius 2 is 1.81 bits per heavy atom. The SMILES string of the molecule is Cn1c(=O)c(-c2noc(C(=O)NCc3ccccc3)n2)nn(-c2ccc(F)cc2)c1=O. The van der Waals surface area contributed by atoms with Crippen molar-refractivity contribution in [2.75, 3.05) is 0 Å². The largest absolute Gasteiger partial charge is 0.351 e. The number of nitrogens with one attached hydrogen (secondary N) is 1. The minimum Gasteiger partial charge on any atom is -0.344 e. The van der Waals surface area contributed by atoms with Crippen LogP contribution in [0.3, 0.4) is 0 Å². The second kappa shape index (κ2) is 8.14. The van der Waals surface area contributed by atoms with E-state index < -0.39 is 23.0 Å². The van der Waals surface area contributed by atoms with E-state index in [0.29, 0.717) is 0 Å². The van der Waals surface area contributed by atoms with E-state index in [9.17, 15) is 18.8 Å². The predicted molar refractivity (Wildman–Crippen MR) is 106 cm³/mol. The molecule has 11 heteroatoms. The molecule has 0 aliphatic heterocycles. The van der Waals surface area contributed by atoms with Crippen molar-refractivity contribution in [1.29, 1.82) is 0 Å². The van der Waals surface area contributed by atoms with Crippen LogP contribution in [0.2, 0.25) is 0 Å². The highest BCUT2D eigenvalue weighted by Crippen LogP contribution is 2.10. The van der Waals surface area contributed by atoms with Crippen molar-refractivity contribution in [1.82, 2.24) is 29.8 Å². The number of carbonyl (C=O) groups is 1. The first-order valence-electron chi connectivity index (χ1n) is 9.06. The second-order valence-electron chi connectivity index (χ2n) is 6.47. The van der Waals surface area contributed by atoms with Crippen LogP contribution >= 0.6 is 0 Å². The molecule has 2 heterocycles. The summed E-state index contributed by atoms with van der Waals surface area (Å²) < 4.78 is 19.9. The predicted octanol–water partition coefficient (Wildman–Crippen LogP) is 1.05. The molecule has 0 bridgehead atoms. The fraction of sp³-hybridized carbons (Fsp3) is 0.100. The Kier molecular flexibility index (Phi) is 5.22. The Morgan fingerprint density at radius 1 is 1.10 bits per heavy atom. The van der Waals surface area contributed by atoms with Crippen LogP contribution in [-0.4, -0.2) is 30.4 Å². The average Bonchev–Trinajstić information content (AvgIpc) is 3.28. The number of aromatic nitrogens is 5. The van der Waals surface area contributed by atoms with Gasteiger partial charge in [0, 0.05) is 13.6 Å². The molecular formula is C20H15FN6O4. The summed E-state index contributed by atoms with van der Waals surface area (Å²) in [6.45, 7) is 0.243. The van der Waals surface area contributed by atoms with Crippen LogP contribution in [0.5, 0.6) is 0 Å². The molecule has 2 aromatic heterocycles. The lowest BCUT2D eigenvalue weighted by molar-refractivity contribution is 0.0907. The van der Waals surface area contributed by atoms with Crippen LogP contribution in [0, 0.1) is 5.82 Å². The van der Waals surface area contributed by atoms with Gasteiger partial charge in [-0.1, -0.05) is 35.5 Å². The number of amides is 1. The summed E-state index contributed by atoms with van der Waals surface area (Å²) >= 11 is 0. The molecule has 4 rings (SSSR count). The summed E-state index contributed by atoms with van der Waals surface area (Å²) in [5.74, 6) is -1.76. The summed E-state index contributed by atoms with van der Waals surface area (Å²) in [6.07, 6.45) is 0. The van der Waals surface area contributed by atoms with Crippen LogP contribution < -0.4 is 16.6 Å². The normalized spacial score (nSPS) is 10.8. The molecule has 0 unspecified atom stereocenters. The molecule has 1 N–H and O–H groups in total. The van der Waals surface area contributed by atoms with Crippen LogP contribution in [-0.2, 0) is 13.6 Å². The lowest BCUT2D eigenvalue weighted by Crippen LogP contribution is -2.40. The Labute approximate surface area is 173 Å². The van der Waals surface area contributed by atoms with E-state index in [0.717, 1.165) is 26.9 Å². The van der Waals surface area contributed by atoms with Crippen LogP contribution in [0.1, 0.15) is 16.2 Å². The summed E-state index contributed by atoms with van der Waals surface area (Å²) in [4.78, 5) is 41.2. The molecule has 0 saturated heterocycles. The number of hydrogen-bond donors (Lipinski definition) is 1. The van der Waals surface area contributed by atoms with Gasteiger partial charge in [0.15, 0.2) is 5.69 Å². The van der Waals surface area contributed by atoms with Crippen molar-refractivity contribution in [2.45, 2.75) is 6.54 Å². The zero-order valence-electron chi connectivity index (χ0n) is 16.2. The molecule has 156 valence electrons. The van der Waals surface area contributed by atoms with Crippen molar-refractivity contribution in [3.8, 4) is 17.2 Å². The topological polar surface area (TPSA) is 125 Å². The van der Waals surface area contributed by atoms with Crippen molar-refractivity contribution in [3.63, 3.8) is 0 Å². The van der Waals surface area contributed by atoms with Crippen molar-refractivity contribution in [2.24, 2.45) is 7.05 Å². The van der Waals surface area contributed by atoms with Gasteiger partial charge in [-0.25, -0.2) is 9.18 Å². The average molecular weight is 422 g/mol. The summed E-state index contributed by atoms with van der Waals surface area (Å²) in [5, 5.41) is 10.3. The van der Waals surface area contributed by atoms with Gasteiger partial charge in [0.25, 0.3) is 5.56 Å². The number of halogens is 1. The maximum Gasteiger partial charge on any atom is 0.351 e. The van der Waals surface area contributed by atoms with Crippen LogP contribution in [0.25, 0.3) is 17.2 Å². The fourth-order valence-electron chi connectivity index (χ4n) is 2.73. The number of hydrogen-bond acceptors (Lipinski definition) is 7. The maximum atomic E-state index is 13.2. The quantitative estimate of drug-likeness (QED) is 0.510. The first-order valence-corrected chi connectivity index (χ1v) is 9.06. The van der Waals surface area contributed by atoms with Crippen molar-refractivity contribution >= 4 is 5.91 Å². The van der Waals surface area contributed by atoms with E-state index in [1.807, 2.05) is 30.3 Å². The molecule has 0 spiro atoms. The molecule has 31 heavy (non-hydrogen) atoms. The van der Waals surface area contributed by atoms with Crippen LogP contribution in [0.15, 0.2) is 68.7 Å². The third kappa shape index (κ3) is 4.01. The summed E-state index contributed by atoms with van der Waals surface area (Å²) in [5.41, 5.74) is -0.729. The molecule has 2 aromatic carbocycles. The Morgan fingerprint density at radius 3 is 2.52 bits per heavy atom. The van der Waals surface area contributed by atoms with E-state index in [-0.39, 0.29) is 29.6 Å². The number of carbonyl (C=O) groups excluding carboxylic acids is 1. The minimum atomic E-state index is -0.777. The highest BCUT2D eigenvalue weighted by molar-refractivity contribution is 5.89. The zero-order valence-corrected chi connectivity index (χ0v) is 16.2. The fourth-order valence-corrected chi connectivity index (χ4v) is 2.73. The van der Waals surface area contributed by atoms with Gasteiger partial charge in [0.2, 0.25) is 5.82 Å². The molecule has 10 nitrogen and oxygen atoms in total. The maximum absolute atomic E-state index is 13.2. The van der Waals surface area contributed by atoms with Gasteiger partial charge in [-0.2, -0.15) is 14.8 Å². The van der Waals surface area contributed by atoms with Gasteiger partial charge in [-0.15, -0.1) is 0 Å². The molecule has 0 atom stereocenters. The summed E-state index contributed by atoms with van der Waals surface area (Å²) in [6, 6.07) is 14.2. The number of rotatable bonds is 5. The highest BCUT2D eigenvalue weighted by atomic mass is 19.1. The van der Waals surface area contributed by atoms with Crippen LogP contribution in [0.4, 0.5) is 4.39 Å². The van der Waals surface area contributed by atoms with Gasteiger partial charge >= 0.3 is 17.5 Å². The minimum absolute atomic E-state index is 0.229. The van der Waals surface area contributed by atoms with E-state index >= 15 is 0 Å². The number of benzene rings is 2. The molecule has 0 aliphatic rings. The third-order valence-corrected chi connectivity index (χ3v) is 4.37. The molecule has 0 radical (unpaired) electrons. The van der Waals surface area contributed by atoms with Crippen molar-refractivity contribution < 1.29 is 13.7 Å². The van der Waals surface area contributed by atoms with Crippen molar-refractivity contribution in [3.05, 3.63) is 92.7 Å². The molecule has 4 aromatic rings. The second-order valence-corrected chi connectivity index (χ2v) is 6.47. The van der Waals surface area contributed by atoms with Gasteiger partial charge < -0.3 is 9.84 Å². The Balaban J connectivity index is 1.65. The smallest absolute Gasteiger partial charge is 0.344 e.